The maximum absolute atomic E-state index is 13.4. The summed E-state index contributed by atoms with van der Waals surface area (Å²) in [5.74, 6) is 1.07. The van der Waals surface area contributed by atoms with Crippen LogP contribution in [-0.4, -0.2) is 51.1 Å². The molecule has 2 aliphatic rings. The Hall–Kier alpha value is -3.06. The van der Waals surface area contributed by atoms with Gasteiger partial charge < -0.3 is 9.42 Å². The molecule has 1 aliphatic carbocycles. The number of likely N-dealkylation sites (tertiary alicyclic amines) is 1. The minimum atomic E-state index is -0.153. The Morgan fingerprint density at radius 1 is 1.03 bits per heavy atom. The normalized spacial score (nSPS) is 22.2. The minimum Gasteiger partial charge on any atom is -0.361 e. The van der Waals surface area contributed by atoms with Gasteiger partial charge in [0.2, 0.25) is 0 Å². The summed E-state index contributed by atoms with van der Waals surface area (Å²) in [7, 11) is 0. The highest BCUT2D eigenvalue weighted by Crippen LogP contribution is 2.38. The van der Waals surface area contributed by atoms with Gasteiger partial charge in [0.05, 0.1) is 18.1 Å². The fourth-order valence-corrected chi connectivity index (χ4v) is 5.61. The molecule has 1 aliphatic heterocycles. The molecular formula is C26H31N5O2. The number of nitrogens with zero attached hydrogens (tertiary/aromatic N) is 5. The van der Waals surface area contributed by atoms with Crippen LogP contribution in [0.2, 0.25) is 0 Å². The van der Waals surface area contributed by atoms with E-state index in [9.17, 15) is 4.79 Å². The maximum atomic E-state index is 13.4. The van der Waals surface area contributed by atoms with Crippen molar-refractivity contribution in [2.75, 3.05) is 18.0 Å². The molecule has 0 unspecified atom stereocenters. The fraction of sp³-hybridized carbons (Fsp3) is 0.462. The highest BCUT2D eigenvalue weighted by molar-refractivity contribution is 6.05. The van der Waals surface area contributed by atoms with Crippen LogP contribution in [0.3, 0.4) is 0 Å². The van der Waals surface area contributed by atoms with E-state index in [1.807, 2.05) is 4.90 Å². The third-order valence-corrected chi connectivity index (χ3v) is 7.18. The van der Waals surface area contributed by atoms with E-state index in [2.05, 4.69) is 50.4 Å². The van der Waals surface area contributed by atoms with Crippen LogP contribution in [0.25, 0.3) is 0 Å². The van der Waals surface area contributed by atoms with Gasteiger partial charge in [0.15, 0.2) is 5.69 Å². The Balaban J connectivity index is 1.33. The molecular weight excluding hydrogens is 414 g/mol. The molecule has 172 valence electrons. The van der Waals surface area contributed by atoms with Gasteiger partial charge in [0.1, 0.15) is 12.1 Å². The van der Waals surface area contributed by atoms with E-state index in [0.717, 1.165) is 25.9 Å². The second kappa shape index (κ2) is 9.83. The van der Waals surface area contributed by atoms with Gasteiger partial charge in [-0.25, -0.2) is 9.97 Å². The van der Waals surface area contributed by atoms with Crippen molar-refractivity contribution in [2.45, 2.75) is 63.5 Å². The highest BCUT2D eigenvalue weighted by Gasteiger charge is 2.36. The monoisotopic (exact) mass is 445 g/mol. The van der Waals surface area contributed by atoms with Crippen LogP contribution in [0.15, 0.2) is 59.6 Å². The largest absolute Gasteiger partial charge is 0.361 e. The number of rotatable bonds is 5. The summed E-state index contributed by atoms with van der Waals surface area (Å²) in [6.07, 6.45) is 11.8. The molecule has 1 aromatic carbocycles. The zero-order chi connectivity index (χ0) is 22.6. The van der Waals surface area contributed by atoms with Gasteiger partial charge in [0, 0.05) is 31.2 Å². The van der Waals surface area contributed by atoms with E-state index >= 15 is 0 Å². The zero-order valence-electron chi connectivity index (χ0n) is 19.1. The molecule has 1 saturated heterocycles. The quantitative estimate of drug-likeness (QED) is 0.571. The lowest BCUT2D eigenvalue weighted by molar-refractivity contribution is 0.0888. The van der Waals surface area contributed by atoms with Crippen molar-refractivity contribution in [1.82, 2.24) is 20.0 Å². The smallest absolute Gasteiger partial charge is 0.280 e. The lowest BCUT2D eigenvalue weighted by Crippen LogP contribution is -2.52. The molecule has 2 aromatic heterocycles. The molecule has 7 nitrogen and oxygen atoms in total. The molecule has 2 atom stereocenters. The van der Waals surface area contributed by atoms with Crippen molar-refractivity contribution in [3.05, 3.63) is 72.1 Å². The molecule has 7 heteroatoms. The van der Waals surface area contributed by atoms with Crippen molar-refractivity contribution >= 4 is 11.6 Å². The standard InChI is InChI=1S/C26H31N5O2/c1-19-15-24(29-33-19)26(32)31(22-16-27-18-28-17-22)21-11-13-30(14-12-21)25-10-6-5-9-23(25)20-7-3-2-4-8-20/h2-4,7-8,15-18,21,23,25H,5-6,9-14H2,1H3/t23-,25-/m1/s1. The maximum Gasteiger partial charge on any atom is 0.280 e. The van der Waals surface area contributed by atoms with Crippen molar-refractivity contribution in [1.29, 1.82) is 0 Å². The van der Waals surface area contributed by atoms with Crippen molar-refractivity contribution in [3.8, 4) is 0 Å². The average molecular weight is 446 g/mol. The first-order chi connectivity index (χ1) is 16.2. The predicted octanol–water partition coefficient (Wildman–Crippen LogP) is 4.61. The Labute approximate surface area is 194 Å². The van der Waals surface area contributed by atoms with Crippen LogP contribution in [0.1, 0.15) is 66.3 Å². The van der Waals surface area contributed by atoms with Gasteiger partial charge in [-0.1, -0.05) is 48.3 Å². The Morgan fingerprint density at radius 3 is 2.45 bits per heavy atom. The first-order valence-corrected chi connectivity index (χ1v) is 12.0. The number of piperidine rings is 1. The van der Waals surface area contributed by atoms with Crippen molar-refractivity contribution in [3.63, 3.8) is 0 Å². The number of aromatic nitrogens is 3. The van der Waals surface area contributed by atoms with E-state index in [4.69, 9.17) is 4.52 Å². The van der Waals surface area contributed by atoms with Crippen LogP contribution in [0, 0.1) is 6.92 Å². The molecule has 33 heavy (non-hydrogen) atoms. The minimum absolute atomic E-state index is 0.0792. The number of benzene rings is 1. The average Bonchev–Trinajstić information content (AvgIpc) is 3.32. The summed E-state index contributed by atoms with van der Waals surface area (Å²) in [6, 6.07) is 13.3. The first-order valence-electron chi connectivity index (χ1n) is 12.0. The molecule has 0 radical (unpaired) electrons. The van der Waals surface area contributed by atoms with E-state index in [0.29, 0.717) is 29.1 Å². The number of carbonyl (C=O) groups is 1. The molecule has 0 bridgehead atoms. The van der Waals surface area contributed by atoms with E-state index < -0.39 is 0 Å². The number of carbonyl (C=O) groups excluding carboxylic acids is 1. The molecule has 0 spiro atoms. The highest BCUT2D eigenvalue weighted by atomic mass is 16.5. The van der Waals surface area contributed by atoms with Crippen LogP contribution in [-0.2, 0) is 0 Å². The van der Waals surface area contributed by atoms with Gasteiger partial charge in [-0.3, -0.25) is 9.69 Å². The summed E-state index contributed by atoms with van der Waals surface area (Å²) in [4.78, 5) is 26.2. The van der Waals surface area contributed by atoms with Crippen LogP contribution in [0.4, 0.5) is 5.69 Å². The third kappa shape index (κ3) is 4.69. The van der Waals surface area contributed by atoms with Gasteiger partial charge in [-0.15, -0.1) is 0 Å². The second-order valence-corrected chi connectivity index (χ2v) is 9.23. The number of anilines is 1. The van der Waals surface area contributed by atoms with Gasteiger partial charge in [0.25, 0.3) is 5.91 Å². The molecule has 3 aromatic rings. The summed E-state index contributed by atoms with van der Waals surface area (Å²) < 4.78 is 5.17. The third-order valence-electron chi connectivity index (χ3n) is 7.18. The SMILES string of the molecule is Cc1cc(C(=O)N(c2cncnc2)C2CCN([C@@H]3CCCC[C@@H]3c3ccccc3)CC2)no1. The van der Waals surface area contributed by atoms with E-state index in [-0.39, 0.29) is 11.9 Å². The molecule has 3 heterocycles. The zero-order valence-corrected chi connectivity index (χ0v) is 19.1. The number of hydrogen-bond donors (Lipinski definition) is 0. The van der Waals surface area contributed by atoms with Gasteiger partial charge in [-0.2, -0.15) is 0 Å². The Kier molecular flexibility index (Phi) is 6.48. The number of hydrogen-bond acceptors (Lipinski definition) is 6. The molecule has 1 saturated carbocycles. The Bertz CT molecular complexity index is 1050. The first kappa shape index (κ1) is 21.8. The molecule has 5 rings (SSSR count). The second-order valence-electron chi connectivity index (χ2n) is 9.23. The van der Waals surface area contributed by atoms with Crippen molar-refractivity contribution in [2.24, 2.45) is 0 Å². The summed E-state index contributed by atoms with van der Waals surface area (Å²) >= 11 is 0. The molecule has 2 fully saturated rings. The molecule has 1 amide bonds. The van der Waals surface area contributed by atoms with Gasteiger partial charge in [-0.05, 0) is 44.1 Å². The molecule has 0 N–H and O–H groups in total. The summed E-state index contributed by atoms with van der Waals surface area (Å²) in [5.41, 5.74) is 2.50. The lowest BCUT2D eigenvalue weighted by Gasteiger charge is -2.45. The van der Waals surface area contributed by atoms with E-state index in [1.165, 1.54) is 37.6 Å². The predicted molar refractivity (Wildman–Crippen MR) is 126 cm³/mol. The topological polar surface area (TPSA) is 75.4 Å². The van der Waals surface area contributed by atoms with Crippen LogP contribution < -0.4 is 4.90 Å². The summed E-state index contributed by atoms with van der Waals surface area (Å²) in [6.45, 7) is 3.76. The van der Waals surface area contributed by atoms with Gasteiger partial charge >= 0.3 is 0 Å². The number of amides is 1. The van der Waals surface area contributed by atoms with Crippen LogP contribution in [0.5, 0.6) is 0 Å². The lowest BCUT2D eigenvalue weighted by atomic mass is 9.78. The summed E-state index contributed by atoms with van der Waals surface area (Å²) in [5, 5.41) is 3.97. The van der Waals surface area contributed by atoms with Crippen molar-refractivity contribution < 1.29 is 9.32 Å². The van der Waals surface area contributed by atoms with E-state index in [1.54, 1.807) is 25.4 Å². The fourth-order valence-electron chi connectivity index (χ4n) is 5.61. The Morgan fingerprint density at radius 2 is 1.76 bits per heavy atom. The number of aryl methyl sites for hydroxylation is 1. The van der Waals surface area contributed by atoms with Crippen LogP contribution >= 0.6 is 0 Å².